The van der Waals surface area contributed by atoms with E-state index in [1.165, 1.54) is 0 Å². The summed E-state index contributed by atoms with van der Waals surface area (Å²) >= 11 is 6.87. The molecule has 5 heterocycles. The van der Waals surface area contributed by atoms with E-state index in [2.05, 4.69) is 25.3 Å². The van der Waals surface area contributed by atoms with Gasteiger partial charge in [-0.2, -0.15) is 10.1 Å². The maximum absolute atomic E-state index is 10.1. The van der Waals surface area contributed by atoms with E-state index >= 15 is 0 Å². The number of morpholine rings is 1. The molecule has 1 aliphatic rings. The maximum atomic E-state index is 10.1. The second-order valence-corrected chi connectivity index (χ2v) is 8.13. The second kappa shape index (κ2) is 9.72. The smallest absolute Gasteiger partial charge is 0.228 e. The highest BCUT2D eigenvalue weighted by atomic mass is 35.5. The molecule has 1 saturated heterocycles. The minimum Gasteiger partial charge on any atom is -0.392 e. The number of aliphatic hydroxyl groups excluding tert-OH is 1. The summed E-state index contributed by atoms with van der Waals surface area (Å²) in [5.74, 6) is 0.985. The predicted octanol–water partition coefficient (Wildman–Crippen LogP) is 3.06. The lowest BCUT2D eigenvalue weighted by molar-refractivity contribution is 0.122. The zero-order valence-corrected chi connectivity index (χ0v) is 19.3. The fourth-order valence-electron chi connectivity index (χ4n) is 3.70. The number of aryl methyl sites for hydroxylation is 1. The monoisotopic (exact) mass is 478 g/mol. The molecule has 10 nitrogen and oxygen atoms in total. The van der Waals surface area contributed by atoms with Crippen LogP contribution in [0.1, 0.15) is 5.56 Å². The summed E-state index contributed by atoms with van der Waals surface area (Å²) in [5.41, 5.74) is 3.92. The van der Waals surface area contributed by atoms with Crippen molar-refractivity contribution in [3.8, 4) is 22.6 Å². The van der Waals surface area contributed by atoms with E-state index in [9.17, 15) is 5.11 Å². The lowest BCUT2D eigenvalue weighted by Gasteiger charge is -2.28. The average molecular weight is 479 g/mol. The molecule has 2 N–H and O–H groups in total. The SMILES string of the molecule is Cn1ccc(-c2cc(-c3nc(N4CCOCC4)nc(Nc4ccncc4)c3Cl)c(CO)cn2)n1. The van der Waals surface area contributed by atoms with Gasteiger partial charge in [-0.05, 0) is 24.3 Å². The summed E-state index contributed by atoms with van der Waals surface area (Å²) in [6.07, 6.45) is 6.85. The molecule has 0 unspecified atom stereocenters. The van der Waals surface area contributed by atoms with Crippen LogP contribution < -0.4 is 10.2 Å². The molecule has 0 bridgehead atoms. The molecule has 5 rings (SSSR count). The van der Waals surface area contributed by atoms with Crippen LogP contribution in [0.5, 0.6) is 0 Å². The lowest BCUT2D eigenvalue weighted by atomic mass is 10.0. The van der Waals surface area contributed by atoms with Crippen molar-refractivity contribution in [1.29, 1.82) is 0 Å². The van der Waals surface area contributed by atoms with Crippen LogP contribution >= 0.6 is 11.6 Å². The fraction of sp³-hybridized carbons (Fsp3) is 0.261. The molecule has 11 heteroatoms. The topological polar surface area (TPSA) is 114 Å². The summed E-state index contributed by atoms with van der Waals surface area (Å²) < 4.78 is 7.20. The molecule has 0 aromatic carbocycles. The third kappa shape index (κ3) is 4.56. The second-order valence-electron chi connectivity index (χ2n) is 7.75. The number of pyridine rings is 2. The van der Waals surface area contributed by atoms with Crippen LogP contribution in [-0.4, -0.2) is 61.1 Å². The lowest BCUT2D eigenvalue weighted by Crippen LogP contribution is -2.37. The van der Waals surface area contributed by atoms with Gasteiger partial charge >= 0.3 is 0 Å². The van der Waals surface area contributed by atoms with Gasteiger partial charge in [0.1, 0.15) is 10.7 Å². The number of aliphatic hydroxyl groups is 1. The van der Waals surface area contributed by atoms with Crippen molar-refractivity contribution in [1.82, 2.24) is 29.7 Å². The molecule has 4 aromatic heterocycles. The normalized spacial score (nSPS) is 13.8. The highest BCUT2D eigenvalue weighted by Gasteiger charge is 2.22. The standard InChI is InChI=1S/C23H23ClN8O2/c1-31-7-4-18(30-31)19-12-17(15(14-33)13-26-19)21-20(24)22(27-16-2-5-25-6-3-16)29-23(28-21)32-8-10-34-11-9-32/h2-7,12-13,33H,8-11,14H2,1H3,(H,25,27,28,29). The minimum absolute atomic E-state index is 0.217. The minimum atomic E-state index is -0.217. The Balaban J connectivity index is 1.65. The predicted molar refractivity (Wildman–Crippen MR) is 129 cm³/mol. The molecular weight excluding hydrogens is 456 g/mol. The first-order valence-corrected chi connectivity index (χ1v) is 11.2. The van der Waals surface area contributed by atoms with E-state index in [4.69, 9.17) is 26.3 Å². The van der Waals surface area contributed by atoms with Gasteiger partial charge in [-0.1, -0.05) is 11.6 Å². The molecule has 1 aliphatic heterocycles. The van der Waals surface area contributed by atoms with E-state index < -0.39 is 0 Å². The van der Waals surface area contributed by atoms with Crippen molar-refractivity contribution < 1.29 is 9.84 Å². The molecule has 0 atom stereocenters. The summed E-state index contributed by atoms with van der Waals surface area (Å²) in [5, 5.41) is 18.1. The van der Waals surface area contributed by atoms with E-state index in [0.717, 1.165) is 5.69 Å². The first-order valence-electron chi connectivity index (χ1n) is 10.8. The van der Waals surface area contributed by atoms with Crippen LogP contribution in [0.4, 0.5) is 17.5 Å². The van der Waals surface area contributed by atoms with Crippen LogP contribution in [0.25, 0.3) is 22.6 Å². The average Bonchev–Trinajstić information content (AvgIpc) is 3.32. The Morgan fingerprint density at radius 2 is 1.91 bits per heavy atom. The highest BCUT2D eigenvalue weighted by molar-refractivity contribution is 6.35. The molecular formula is C23H23ClN8O2. The van der Waals surface area contributed by atoms with Crippen molar-refractivity contribution in [2.45, 2.75) is 6.61 Å². The van der Waals surface area contributed by atoms with Crippen molar-refractivity contribution in [3.05, 3.63) is 59.6 Å². The highest BCUT2D eigenvalue weighted by Crippen LogP contribution is 2.37. The molecule has 0 aliphatic carbocycles. The Morgan fingerprint density at radius 3 is 2.62 bits per heavy atom. The number of aromatic nitrogens is 6. The molecule has 0 radical (unpaired) electrons. The van der Waals surface area contributed by atoms with Gasteiger partial charge in [0.05, 0.1) is 31.2 Å². The quantitative estimate of drug-likeness (QED) is 0.431. The molecule has 1 fully saturated rings. The molecule has 4 aromatic rings. The Bertz CT molecular complexity index is 1290. The van der Waals surface area contributed by atoms with Crippen LogP contribution in [0.2, 0.25) is 5.02 Å². The van der Waals surface area contributed by atoms with Gasteiger partial charge in [0.25, 0.3) is 0 Å². The van der Waals surface area contributed by atoms with Crippen molar-refractivity contribution >= 4 is 29.1 Å². The fourth-order valence-corrected chi connectivity index (χ4v) is 3.93. The van der Waals surface area contributed by atoms with Gasteiger partial charge < -0.3 is 20.1 Å². The third-order valence-electron chi connectivity index (χ3n) is 5.46. The Morgan fingerprint density at radius 1 is 1.12 bits per heavy atom. The van der Waals surface area contributed by atoms with Gasteiger partial charge in [-0.3, -0.25) is 14.6 Å². The van der Waals surface area contributed by atoms with Crippen LogP contribution in [-0.2, 0) is 18.4 Å². The zero-order chi connectivity index (χ0) is 23.5. The van der Waals surface area contributed by atoms with Crippen molar-refractivity contribution in [2.75, 3.05) is 36.5 Å². The number of nitrogens with one attached hydrogen (secondary N) is 1. The first-order chi connectivity index (χ1) is 16.6. The van der Waals surface area contributed by atoms with Gasteiger partial charge in [-0.25, -0.2) is 4.98 Å². The first kappa shape index (κ1) is 22.2. The van der Waals surface area contributed by atoms with Crippen LogP contribution in [0.3, 0.4) is 0 Å². The third-order valence-corrected chi connectivity index (χ3v) is 5.82. The molecule has 0 amide bonds. The maximum Gasteiger partial charge on any atom is 0.228 e. The molecule has 174 valence electrons. The number of rotatable bonds is 6. The van der Waals surface area contributed by atoms with Crippen molar-refractivity contribution in [2.24, 2.45) is 7.05 Å². The number of anilines is 3. The molecule has 34 heavy (non-hydrogen) atoms. The van der Waals surface area contributed by atoms with Gasteiger partial charge in [0.2, 0.25) is 5.95 Å². The van der Waals surface area contributed by atoms with E-state index in [1.807, 2.05) is 37.5 Å². The number of halogens is 1. The van der Waals surface area contributed by atoms with E-state index in [0.29, 0.717) is 71.3 Å². The van der Waals surface area contributed by atoms with Gasteiger partial charge in [0.15, 0.2) is 5.82 Å². The summed E-state index contributed by atoms with van der Waals surface area (Å²) in [6, 6.07) is 7.39. The molecule has 0 spiro atoms. The van der Waals surface area contributed by atoms with Gasteiger partial charge in [-0.15, -0.1) is 0 Å². The van der Waals surface area contributed by atoms with E-state index in [-0.39, 0.29) is 6.61 Å². The van der Waals surface area contributed by atoms with Crippen molar-refractivity contribution in [3.63, 3.8) is 0 Å². The summed E-state index contributed by atoms with van der Waals surface area (Å²) in [4.78, 5) is 20.1. The van der Waals surface area contributed by atoms with Crippen LogP contribution in [0, 0.1) is 0 Å². The number of hydrogen-bond donors (Lipinski definition) is 2. The number of nitrogens with zero attached hydrogens (tertiary/aromatic N) is 7. The molecule has 0 saturated carbocycles. The number of ether oxygens (including phenoxy) is 1. The summed E-state index contributed by atoms with van der Waals surface area (Å²) in [6.45, 7) is 2.30. The van der Waals surface area contributed by atoms with Crippen LogP contribution in [0.15, 0.2) is 49.1 Å². The Labute approximate surface area is 201 Å². The zero-order valence-electron chi connectivity index (χ0n) is 18.5. The van der Waals surface area contributed by atoms with Gasteiger partial charge in [0, 0.05) is 61.7 Å². The largest absolute Gasteiger partial charge is 0.392 e. The summed E-state index contributed by atoms with van der Waals surface area (Å²) in [7, 11) is 1.85. The Hall–Kier alpha value is -3.60. The number of hydrogen-bond acceptors (Lipinski definition) is 9. The van der Waals surface area contributed by atoms with E-state index in [1.54, 1.807) is 23.3 Å². The Kier molecular flexibility index (Phi) is 6.35.